The number of methoxy groups -OCH3 is 1. The second-order valence-electron chi connectivity index (χ2n) is 3.62. The van der Waals surface area contributed by atoms with Crippen LogP contribution in [0.3, 0.4) is 0 Å². The summed E-state index contributed by atoms with van der Waals surface area (Å²) in [5, 5.41) is 8.77. The highest BCUT2D eigenvalue weighted by atomic mass is 16.5. The summed E-state index contributed by atoms with van der Waals surface area (Å²) in [4.78, 5) is 22.3. The average molecular weight is 249 g/mol. The van der Waals surface area contributed by atoms with Gasteiger partial charge in [-0.1, -0.05) is 0 Å². The SMILES string of the molecule is COCc1cn(-c2ccc(C(=O)O)cc2)c(=O)o1. The lowest BCUT2D eigenvalue weighted by molar-refractivity contribution is 0.0697. The molecule has 0 bridgehead atoms. The molecule has 0 amide bonds. The third-order valence-corrected chi connectivity index (χ3v) is 2.37. The molecule has 6 heteroatoms. The maximum atomic E-state index is 11.6. The van der Waals surface area contributed by atoms with Crippen LogP contribution in [-0.4, -0.2) is 22.8 Å². The third kappa shape index (κ3) is 2.33. The van der Waals surface area contributed by atoms with Gasteiger partial charge >= 0.3 is 11.7 Å². The Morgan fingerprint density at radius 1 is 1.39 bits per heavy atom. The smallest absolute Gasteiger partial charge is 0.423 e. The van der Waals surface area contributed by atoms with Crippen molar-refractivity contribution in [3.05, 3.63) is 52.3 Å². The first-order valence-electron chi connectivity index (χ1n) is 5.16. The number of aromatic nitrogens is 1. The molecule has 0 unspecified atom stereocenters. The molecule has 1 N–H and O–H groups in total. The highest BCUT2D eigenvalue weighted by Crippen LogP contribution is 2.10. The van der Waals surface area contributed by atoms with Gasteiger partial charge in [-0.3, -0.25) is 0 Å². The molecule has 1 aromatic heterocycles. The van der Waals surface area contributed by atoms with E-state index in [9.17, 15) is 9.59 Å². The predicted molar refractivity (Wildman–Crippen MR) is 62.0 cm³/mol. The van der Waals surface area contributed by atoms with Crippen LogP contribution in [0.4, 0.5) is 0 Å². The minimum atomic E-state index is -1.01. The molecular weight excluding hydrogens is 238 g/mol. The highest BCUT2D eigenvalue weighted by molar-refractivity contribution is 5.87. The maximum absolute atomic E-state index is 11.6. The van der Waals surface area contributed by atoms with Crippen LogP contribution < -0.4 is 5.76 Å². The topological polar surface area (TPSA) is 81.7 Å². The number of carbonyl (C=O) groups is 1. The van der Waals surface area contributed by atoms with E-state index in [0.717, 1.165) is 0 Å². The molecular formula is C12H11NO5. The second-order valence-corrected chi connectivity index (χ2v) is 3.62. The minimum absolute atomic E-state index is 0.160. The van der Waals surface area contributed by atoms with Gasteiger partial charge in [-0.15, -0.1) is 0 Å². The van der Waals surface area contributed by atoms with E-state index in [1.54, 1.807) is 0 Å². The van der Waals surface area contributed by atoms with Gasteiger partial charge in [0.25, 0.3) is 0 Å². The number of hydrogen-bond acceptors (Lipinski definition) is 4. The quantitative estimate of drug-likeness (QED) is 0.882. The van der Waals surface area contributed by atoms with Crippen LogP contribution >= 0.6 is 0 Å². The zero-order valence-corrected chi connectivity index (χ0v) is 9.62. The summed E-state index contributed by atoms with van der Waals surface area (Å²) in [6, 6.07) is 5.92. The van der Waals surface area contributed by atoms with E-state index < -0.39 is 11.7 Å². The first-order valence-corrected chi connectivity index (χ1v) is 5.16. The van der Waals surface area contributed by atoms with Crippen molar-refractivity contribution < 1.29 is 19.1 Å². The number of benzene rings is 1. The Labute approximate surface area is 102 Å². The minimum Gasteiger partial charge on any atom is -0.478 e. The van der Waals surface area contributed by atoms with E-state index in [1.807, 2.05) is 0 Å². The van der Waals surface area contributed by atoms with E-state index >= 15 is 0 Å². The second kappa shape index (κ2) is 4.89. The lowest BCUT2D eigenvalue weighted by atomic mass is 10.2. The Morgan fingerprint density at radius 3 is 2.61 bits per heavy atom. The van der Waals surface area contributed by atoms with Crippen LogP contribution in [0.25, 0.3) is 5.69 Å². The van der Waals surface area contributed by atoms with Crippen molar-refractivity contribution in [2.24, 2.45) is 0 Å². The molecule has 1 heterocycles. The van der Waals surface area contributed by atoms with E-state index in [2.05, 4.69) is 0 Å². The van der Waals surface area contributed by atoms with Crippen molar-refractivity contribution in [1.82, 2.24) is 4.57 Å². The van der Waals surface area contributed by atoms with E-state index in [-0.39, 0.29) is 12.2 Å². The van der Waals surface area contributed by atoms with Crippen LogP contribution in [0, 0.1) is 0 Å². The Hall–Kier alpha value is -2.34. The molecule has 6 nitrogen and oxygen atoms in total. The molecule has 94 valence electrons. The number of carboxylic acids is 1. The molecule has 0 fully saturated rings. The molecule has 0 saturated carbocycles. The van der Waals surface area contributed by atoms with E-state index in [1.165, 1.54) is 42.1 Å². The van der Waals surface area contributed by atoms with Crippen LogP contribution in [0.5, 0.6) is 0 Å². The van der Waals surface area contributed by atoms with Crippen molar-refractivity contribution in [1.29, 1.82) is 0 Å². The normalized spacial score (nSPS) is 10.5. The predicted octanol–water partition coefficient (Wildman–Crippen LogP) is 1.28. The Morgan fingerprint density at radius 2 is 2.06 bits per heavy atom. The van der Waals surface area contributed by atoms with Gasteiger partial charge in [0.2, 0.25) is 0 Å². The van der Waals surface area contributed by atoms with Gasteiger partial charge in [-0.2, -0.15) is 0 Å². The summed E-state index contributed by atoms with van der Waals surface area (Å²) >= 11 is 0. The number of aromatic carboxylic acids is 1. The van der Waals surface area contributed by atoms with Gasteiger partial charge in [0.05, 0.1) is 17.4 Å². The van der Waals surface area contributed by atoms with Gasteiger partial charge in [0.1, 0.15) is 6.61 Å². The fourth-order valence-electron chi connectivity index (χ4n) is 1.54. The van der Waals surface area contributed by atoms with Gasteiger partial charge in [-0.05, 0) is 24.3 Å². The number of oxazole rings is 1. The monoisotopic (exact) mass is 249 g/mol. The molecule has 1 aromatic carbocycles. The van der Waals surface area contributed by atoms with Crippen molar-refractivity contribution in [2.45, 2.75) is 6.61 Å². The lowest BCUT2D eigenvalue weighted by Crippen LogP contribution is -2.10. The van der Waals surface area contributed by atoms with Crippen LogP contribution in [0.15, 0.2) is 39.7 Å². The summed E-state index contributed by atoms with van der Waals surface area (Å²) in [6.07, 6.45) is 1.52. The van der Waals surface area contributed by atoms with Crippen LogP contribution in [0.1, 0.15) is 16.1 Å². The van der Waals surface area contributed by atoms with E-state index in [4.69, 9.17) is 14.3 Å². The summed E-state index contributed by atoms with van der Waals surface area (Å²) in [6.45, 7) is 0.204. The van der Waals surface area contributed by atoms with Gasteiger partial charge in [-0.25, -0.2) is 14.2 Å². The zero-order chi connectivity index (χ0) is 13.1. The molecule has 0 aliphatic rings. The summed E-state index contributed by atoms with van der Waals surface area (Å²) in [5.74, 6) is -1.14. The van der Waals surface area contributed by atoms with Crippen molar-refractivity contribution in [3.8, 4) is 5.69 Å². The molecule has 0 aliphatic carbocycles. The standard InChI is InChI=1S/C12H11NO5/c1-17-7-10-6-13(12(16)18-10)9-4-2-8(3-5-9)11(14)15/h2-6H,7H2,1H3,(H,14,15). The average Bonchev–Trinajstić information content (AvgIpc) is 2.71. The maximum Gasteiger partial charge on any atom is 0.423 e. The largest absolute Gasteiger partial charge is 0.478 e. The first kappa shape index (κ1) is 12.1. The molecule has 0 aliphatic heterocycles. The Kier molecular flexibility index (Phi) is 3.29. The number of rotatable bonds is 4. The summed E-state index contributed by atoms with van der Waals surface area (Å²) in [7, 11) is 1.50. The summed E-state index contributed by atoms with van der Waals surface area (Å²) < 4.78 is 11.1. The van der Waals surface area contributed by atoms with Gasteiger partial charge in [0, 0.05) is 7.11 Å². The van der Waals surface area contributed by atoms with Crippen LogP contribution in [0.2, 0.25) is 0 Å². The van der Waals surface area contributed by atoms with Crippen LogP contribution in [-0.2, 0) is 11.3 Å². The molecule has 0 radical (unpaired) electrons. The third-order valence-electron chi connectivity index (χ3n) is 2.37. The number of carboxylic acid groups (broad SMARTS) is 1. The molecule has 2 rings (SSSR count). The molecule has 18 heavy (non-hydrogen) atoms. The molecule has 0 spiro atoms. The molecule has 2 aromatic rings. The fraction of sp³-hybridized carbons (Fsp3) is 0.167. The lowest BCUT2D eigenvalue weighted by Gasteiger charge is -2.00. The first-order chi connectivity index (χ1) is 8.61. The molecule has 0 saturated heterocycles. The van der Waals surface area contributed by atoms with E-state index in [0.29, 0.717) is 11.4 Å². The van der Waals surface area contributed by atoms with Gasteiger partial charge in [0.15, 0.2) is 5.76 Å². The summed E-state index contributed by atoms with van der Waals surface area (Å²) in [5.41, 5.74) is 0.698. The number of ether oxygens (including phenoxy) is 1. The Bertz CT molecular complexity index is 608. The molecule has 0 atom stereocenters. The Balaban J connectivity index is 2.36. The number of nitrogens with zero attached hydrogens (tertiary/aromatic N) is 1. The zero-order valence-electron chi connectivity index (χ0n) is 9.62. The number of hydrogen-bond donors (Lipinski definition) is 1. The highest BCUT2D eigenvalue weighted by Gasteiger charge is 2.08. The van der Waals surface area contributed by atoms with Gasteiger partial charge < -0.3 is 14.3 Å². The fourth-order valence-corrected chi connectivity index (χ4v) is 1.54. The van der Waals surface area contributed by atoms with Crippen molar-refractivity contribution >= 4 is 5.97 Å². The van der Waals surface area contributed by atoms with Crippen molar-refractivity contribution in [2.75, 3.05) is 7.11 Å². The van der Waals surface area contributed by atoms with Crippen molar-refractivity contribution in [3.63, 3.8) is 0 Å².